The fraction of sp³-hybridized carbons (Fsp3) is 0.435. The minimum Gasteiger partial charge on any atom is -0.383 e. The van der Waals surface area contributed by atoms with E-state index in [9.17, 15) is 0 Å². The van der Waals surface area contributed by atoms with Crippen molar-refractivity contribution in [3.05, 3.63) is 48.7 Å². The molecule has 3 aromatic heterocycles. The number of anilines is 1. The smallest absolute Gasteiger partial charge is 0.163 e. The van der Waals surface area contributed by atoms with Gasteiger partial charge < -0.3 is 24.3 Å². The summed E-state index contributed by atoms with van der Waals surface area (Å²) in [5.74, 6) is 0.228. The summed E-state index contributed by atoms with van der Waals surface area (Å²) in [6.45, 7) is 3.99. The number of fused-ring (bicyclic) bond motifs is 3. The largest absolute Gasteiger partial charge is 0.383 e. The molecule has 0 radical (unpaired) electrons. The first-order chi connectivity index (χ1) is 14.9. The predicted molar refractivity (Wildman–Crippen MR) is 117 cm³/mol. The van der Waals surface area contributed by atoms with Crippen molar-refractivity contribution in [3.63, 3.8) is 0 Å². The fourth-order valence-electron chi connectivity index (χ4n) is 5.40. The number of rotatable bonds is 3. The minimum atomic E-state index is -0.603. The van der Waals surface area contributed by atoms with Crippen LogP contribution in [0.15, 0.2) is 43.1 Å². The molecule has 4 aromatic rings. The van der Waals surface area contributed by atoms with E-state index in [4.69, 9.17) is 15.2 Å². The van der Waals surface area contributed by atoms with E-state index >= 15 is 0 Å². The van der Waals surface area contributed by atoms with E-state index in [0.29, 0.717) is 11.7 Å². The second kappa shape index (κ2) is 6.51. The van der Waals surface area contributed by atoms with Gasteiger partial charge in [0.2, 0.25) is 0 Å². The van der Waals surface area contributed by atoms with Crippen molar-refractivity contribution in [1.29, 1.82) is 0 Å². The van der Waals surface area contributed by atoms with Crippen molar-refractivity contribution in [2.24, 2.45) is 13.0 Å². The van der Waals surface area contributed by atoms with Crippen LogP contribution in [0.5, 0.6) is 0 Å². The normalized spacial score (nSPS) is 27.3. The SMILES string of the molecule is Cn1cnc2cc(C[C@H]3C[C@@H](n4ccc5c(N)ncnc54)[C@@H]4OC(C)(C)O[C@H]34)ccc21. The van der Waals surface area contributed by atoms with Gasteiger partial charge in [-0.05, 0) is 56.4 Å². The van der Waals surface area contributed by atoms with Crippen LogP contribution in [0.3, 0.4) is 0 Å². The van der Waals surface area contributed by atoms with Crippen LogP contribution in [0.25, 0.3) is 22.1 Å². The molecule has 6 rings (SSSR count). The number of benzene rings is 1. The Bertz CT molecular complexity index is 1290. The van der Waals surface area contributed by atoms with E-state index in [1.54, 1.807) is 0 Å². The number of hydrogen-bond donors (Lipinski definition) is 1. The van der Waals surface area contributed by atoms with Gasteiger partial charge in [0.15, 0.2) is 5.79 Å². The average molecular weight is 419 g/mol. The molecule has 8 heteroatoms. The van der Waals surface area contributed by atoms with Gasteiger partial charge in [0.25, 0.3) is 0 Å². The van der Waals surface area contributed by atoms with E-state index in [0.717, 1.165) is 34.9 Å². The predicted octanol–water partition coefficient (Wildman–Crippen LogP) is 3.22. The number of nitrogen functional groups attached to an aromatic ring is 1. The molecular formula is C23H26N6O2. The van der Waals surface area contributed by atoms with E-state index in [-0.39, 0.29) is 18.2 Å². The highest BCUT2D eigenvalue weighted by Gasteiger charge is 2.54. The first-order valence-corrected chi connectivity index (χ1v) is 10.7. The molecule has 1 aromatic carbocycles. The lowest BCUT2D eigenvalue weighted by atomic mass is 9.95. The van der Waals surface area contributed by atoms with Crippen LogP contribution in [0, 0.1) is 5.92 Å². The molecular weight excluding hydrogens is 392 g/mol. The van der Waals surface area contributed by atoms with Gasteiger partial charge in [0.1, 0.15) is 23.9 Å². The molecule has 2 aliphatic rings. The first-order valence-electron chi connectivity index (χ1n) is 10.7. The summed E-state index contributed by atoms with van der Waals surface area (Å²) in [6.07, 6.45) is 7.28. The maximum absolute atomic E-state index is 6.40. The second-order valence-corrected chi connectivity index (χ2v) is 9.23. The van der Waals surface area contributed by atoms with Crippen molar-refractivity contribution >= 4 is 27.9 Å². The molecule has 4 heterocycles. The molecule has 0 bridgehead atoms. The zero-order chi connectivity index (χ0) is 21.3. The molecule has 0 amide bonds. The van der Waals surface area contributed by atoms with Gasteiger partial charge in [-0.15, -0.1) is 0 Å². The summed E-state index contributed by atoms with van der Waals surface area (Å²) in [5, 5.41) is 0.876. The summed E-state index contributed by atoms with van der Waals surface area (Å²) < 4.78 is 17.0. The molecule has 4 atom stereocenters. The van der Waals surface area contributed by atoms with Crippen molar-refractivity contribution in [1.82, 2.24) is 24.1 Å². The van der Waals surface area contributed by atoms with Crippen molar-refractivity contribution in [3.8, 4) is 0 Å². The van der Waals surface area contributed by atoms with Gasteiger partial charge in [-0.3, -0.25) is 0 Å². The topological polar surface area (TPSA) is 93.0 Å². The van der Waals surface area contributed by atoms with E-state index in [1.165, 1.54) is 11.9 Å². The zero-order valence-corrected chi connectivity index (χ0v) is 17.9. The first kappa shape index (κ1) is 18.8. The Labute approximate surface area is 180 Å². The molecule has 1 aliphatic heterocycles. The number of hydrogen-bond acceptors (Lipinski definition) is 6. The molecule has 0 spiro atoms. The van der Waals surface area contributed by atoms with Crippen molar-refractivity contribution < 1.29 is 9.47 Å². The lowest BCUT2D eigenvalue weighted by Crippen LogP contribution is -2.27. The molecule has 2 fully saturated rings. The lowest BCUT2D eigenvalue weighted by Gasteiger charge is -2.24. The van der Waals surface area contributed by atoms with Crippen LogP contribution < -0.4 is 5.73 Å². The Morgan fingerprint density at radius 1 is 1.13 bits per heavy atom. The van der Waals surface area contributed by atoms with Crippen molar-refractivity contribution in [2.45, 2.75) is 50.7 Å². The van der Waals surface area contributed by atoms with E-state index in [1.807, 2.05) is 37.9 Å². The number of nitrogens with zero attached hydrogens (tertiary/aromatic N) is 5. The van der Waals surface area contributed by atoms with E-state index in [2.05, 4.69) is 43.9 Å². The molecule has 31 heavy (non-hydrogen) atoms. The highest BCUT2D eigenvalue weighted by atomic mass is 16.8. The fourth-order valence-corrected chi connectivity index (χ4v) is 5.40. The van der Waals surface area contributed by atoms with Gasteiger partial charge >= 0.3 is 0 Å². The van der Waals surface area contributed by atoms with Gasteiger partial charge in [0, 0.05) is 13.2 Å². The number of ether oxygens (including phenoxy) is 2. The third kappa shape index (κ3) is 2.93. The van der Waals surface area contributed by atoms with Crippen LogP contribution in [-0.4, -0.2) is 42.1 Å². The summed E-state index contributed by atoms with van der Waals surface area (Å²) in [7, 11) is 2.02. The number of imidazole rings is 1. The zero-order valence-electron chi connectivity index (χ0n) is 17.9. The third-order valence-corrected chi connectivity index (χ3v) is 6.74. The molecule has 1 saturated heterocycles. The number of nitrogens with two attached hydrogens (primary N) is 1. The molecule has 8 nitrogen and oxygen atoms in total. The monoisotopic (exact) mass is 418 g/mol. The van der Waals surface area contributed by atoms with Gasteiger partial charge in [-0.2, -0.15) is 0 Å². The average Bonchev–Trinajstić information content (AvgIpc) is 3.46. The molecule has 160 valence electrons. The standard InChI is InChI=1S/C23H26N6O2/c1-23(2)30-19-14(8-13-4-5-17-16(9-13)27-12-28(17)3)10-18(20(19)31-23)29-7-6-15-21(24)25-11-26-22(15)29/h4-7,9,11-12,14,18-20H,8,10H2,1-3H3,(H2,24,25,26)/t14-,18+,19+,20-/m0/s1. The van der Waals surface area contributed by atoms with Gasteiger partial charge in [0.05, 0.1) is 34.9 Å². The summed E-state index contributed by atoms with van der Waals surface area (Å²) in [4.78, 5) is 13.1. The van der Waals surface area contributed by atoms with Gasteiger partial charge in [-0.25, -0.2) is 15.0 Å². The maximum Gasteiger partial charge on any atom is 0.163 e. The summed E-state index contributed by atoms with van der Waals surface area (Å²) >= 11 is 0. The Balaban J connectivity index is 1.35. The van der Waals surface area contributed by atoms with Gasteiger partial charge in [-0.1, -0.05) is 6.07 Å². The second-order valence-electron chi connectivity index (χ2n) is 9.23. The third-order valence-electron chi connectivity index (χ3n) is 6.74. The highest BCUT2D eigenvalue weighted by molar-refractivity contribution is 5.86. The van der Waals surface area contributed by atoms with E-state index < -0.39 is 5.79 Å². The maximum atomic E-state index is 6.40. The summed E-state index contributed by atoms with van der Waals surface area (Å²) in [6, 6.07) is 8.66. The van der Waals surface area contributed by atoms with Crippen molar-refractivity contribution in [2.75, 3.05) is 5.73 Å². The lowest BCUT2D eigenvalue weighted by molar-refractivity contribution is -0.160. The molecule has 2 N–H and O–H groups in total. The number of aromatic nitrogens is 5. The Kier molecular flexibility index (Phi) is 3.94. The van der Waals surface area contributed by atoms with Crippen LogP contribution in [0.2, 0.25) is 0 Å². The molecule has 1 aliphatic carbocycles. The number of aryl methyl sites for hydroxylation is 1. The molecule has 1 saturated carbocycles. The van der Waals surface area contributed by atoms with Crippen LogP contribution in [-0.2, 0) is 22.9 Å². The highest BCUT2D eigenvalue weighted by Crippen LogP contribution is 2.48. The summed E-state index contributed by atoms with van der Waals surface area (Å²) in [5.41, 5.74) is 10.4. The van der Waals surface area contributed by atoms with Crippen LogP contribution >= 0.6 is 0 Å². The minimum absolute atomic E-state index is 0.0241. The van der Waals surface area contributed by atoms with Crippen LogP contribution in [0.4, 0.5) is 5.82 Å². The van der Waals surface area contributed by atoms with Crippen LogP contribution in [0.1, 0.15) is 31.9 Å². The Morgan fingerprint density at radius 2 is 1.97 bits per heavy atom. The Hall–Kier alpha value is -2.97. The quantitative estimate of drug-likeness (QED) is 0.549. The Morgan fingerprint density at radius 3 is 2.84 bits per heavy atom. The molecule has 0 unspecified atom stereocenters.